The van der Waals surface area contributed by atoms with E-state index in [1.807, 2.05) is 0 Å². The molecule has 0 aliphatic carbocycles. The second-order valence-electron chi connectivity index (χ2n) is 4.66. The highest BCUT2D eigenvalue weighted by molar-refractivity contribution is 5.65. The first-order chi connectivity index (χ1) is 9.39. The maximum atomic E-state index is 13.3. The van der Waals surface area contributed by atoms with Crippen LogP contribution in [-0.2, 0) is 0 Å². The van der Waals surface area contributed by atoms with Crippen LogP contribution in [0.3, 0.4) is 0 Å². The topological polar surface area (TPSA) is 43.8 Å². The van der Waals surface area contributed by atoms with Gasteiger partial charge in [-0.3, -0.25) is 4.90 Å². The average Bonchev–Trinajstić information content (AvgIpc) is 2.39. The third-order valence-electron chi connectivity index (χ3n) is 3.38. The standard InChI is InChI=1S/C13H15F3N2O2/c14-13(15,16)11(10-4-2-1-3-5-10)17-6-8-18(9-7-17)12(19)20/h1-5,11H,6-9H2,(H,19,20). The number of carboxylic acid groups (broad SMARTS) is 1. The Morgan fingerprint density at radius 3 is 2.10 bits per heavy atom. The molecule has 1 N–H and O–H groups in total. The predicted octanol–water partition coefficient (Wildman–Crippen LogP) is 2.59. The van der Waals surface area contributed by atoms with Gasteiger partial charge in [-0.05, 0) is 5.56 Å². The maximum absolute atomic E-state index is 13.3. The van der Waals surface area contributed by atoms with Crippen molar-refractivity contribution in [1.82, 2.24) is 9.80 Å². The Hall–Kier alpha value is -1.76. The summed E-state index contributed by atoms with van der Waals surface area (Å²) in [7, 11) is 0. The fourth-order valence-electron chi connectivity index (χ4n) is 2.41. The molecule has 4 nitrogen and oxygen atoms in total. The van der Waals surface area contributed by atoms with Crippen molar-refractivity contribution in [2.45, 2.75) is 12.2 Å². The molecule has 7 heteroatoms. The SMILES string of the molecule is O=C(O)N1CCN(C(c2ccccc2)C(F)(F)F)CC1. The van der Waals surface area contributed by atoms with E-state index in [-0.39, 0.29) is 31.7 Å². The molecule has 0 radical (unpaired) electrons. The van der Waals surface area contributed by atoms with Gasteiger partial charge in [0.2, 0.25) is 0 Å². The zero-order valence-corrected chi connectivity index (χ0v) is 10.7. The van der Waals surface area contributed by atoms with Gasteiger partial charge < -0.3 is 10.0 Å². The molecular weight excluding hydrogens is 273 g/mol. The van der Waals surface area contributed by atoms with Crippen LogP contribution in [0.5, 0.6) is 0 Å². The smallest absolute Gasteiger partial charge is 0.408 e. The summed E-state index contributed by atoms with van der Waals surface area (Å²) in [5, 5.41) is 8.83. The van der Waals surface area contributed by atoms with Gasteiger partial charge >= 0.3 is 12.3 Å². The van der Waals surface area contributed by atoms with Crippen LogP contribution >= 0.6 is 0 Å². The molecule has 1 aliphatic heterocycles. The van der Waals surface area contributed by atoms with Crippen LogP contribution in [-0.4, -0.2) is 53.4 Å². The van der Waals surface area contributed by atoms with Gasteiger partial charge in [0, 0.05) is 26.2 Å². The summed E-state index contributed by atoms with van der Waals surface area (Å²) in [6, 6.07) is 6.02. The number of amides is 1. The number of halogens is 3. The molecule has 1 unspecified atom stereocenters. The Morgan fingerprint density at radius 1 is 1.10 bits per heavy atom. The largest absolute Gasteiger partial charge is 0.465 e. The van der Waals surface area contributed by atoms with Crippen LogP contribution in [0, 0.1) is 0 Å². The van der Waals surface area contributed by atoms with Crippen molar-refractivity contribution < 1.29 is 23.1 Å². The highest BCUT2D eigenvalue weighted by Crippen LogP contribution is 2.37. The fraction of sp³-hybridized carbons (Fsp3) is 0.462. The Morgan fingerprint density at radius 2 is 1.65 bits per heavy atom. The van der Waals surface area contributed by atoms with Gasteiger partial charge in [-0.25, -0.2) is 4.79 Å². The summed E-state index contributed by atoms with van der Waals surface area (Å²) in [4.78, 5) is 13.2. The molecule has 1 aromatic rings. The second kappa shape index (κ2) is 5.70. The van der Waals surface area contributed by atoms with Gasteiger partial charge in [0.15, 0.2) is 0 Å². The third kappa shape index (κ3) is 3.22. The Labute approximate surface area is 114 Å². The number of hydrogen-bond acceptors (Lipinski definition) is 2. The summed E-state index contributed by atoms with van der Waals surface area (Å²) in [5.74, 6) is 0. The quantitative estimate of drug-likeness (QED) is 0.909. The van der Waals surface area contributed by atoms with Crippen LogP contribution in [0.2, 0.25) is 0 Å². The minimum Gasteiger partial charge on any atom is -0.465 e. The number of nitrogens with zero attached hydrogens (tertiary/aromatic N) is 2. The first-order valence-corrected chi connectivity index (χ1v) is 6.23. The molecule has 1 saturated heterocycles. The van der Waals surface area contributed by atoms with Crippen LogP contribution in [0.1, 0.15) is 11.6 Å². The van der Waals surface area contributed by atoms with Crippen molar-refractivity contribution in [3.8, 4) is 0 Å². The molecule has 20 heavy (non-hydrogen) atoms. The molecule has 1 aromatic carbocycles. The van der Waals surface area contributed by atoms with E-state index in [4.69, 9.17) is 5.11 Å². The van der Waals surface area contributed by atoms with Gasteiger partial charge in [-0.1, -0.05) is 30.3 Å². The second-order valence-corrected chi connectivity index (χ2v) is 4.66. The highest BCUT2D eigenvalue weighted by Gasteiger charge is 2.45. The molecule has 2 rings (SSSR count). The lowest BCUT2D eigenvalue weighted by Gasteiger charge is -2.39. The lowest BCUT2D eigenvalue weighted by molar-refractivity contribution is -0.189. The van der Waals surface area contributed by atoms with E-state index in [0.717, 1.165) is 4.90 Å². The minimum absolute atomic E-state index is 0.0748. The summed E-state index contributed by atoms with van der Waals surface area (Å²) < 4.78 is 39.8. The van der Waals surface area contributed by atoms with E-state index in [2.05, 4.69) is 0 Å². The molecule has 1 amide bonds. The van der Waals surface area contributed by atoms with Crippen molar-refractivity contribution in [2.24, 2.45) is 0 Å². The number of rotatable bonds is 2. The van der Waals surface area contributed by atoms with Crippen molar-refractivity contribution in [1.29, 1.82) is 0 Å². The van der Waals surface area contributed by atoms with Gasteiger partial charge in [-0.15, -0.1) is 0 Å². The van der Waals surface area contributed by atoms with Crippen LogP contribution in [0.15, 0.2) is 30.3 Å². The average molecular weight is 288 g/mol. The van der Waals surface area contributed by atoms with E-state index in [1.165, 1.54) is 17.0 Å². The third-order valence-corrected chi connectivity index (χ3v) is 3.38. The molecular formula is C13H15F3N2O2. The van der Waals surface area contributed by atoms with Gasteiger partial charge in [0.1, 0.15) is 6.04 Å². The molecule has 0 saturated carbocycles. The molecule has 0 spiro atoms. The first-order valence-electron chi connectivity index (χ1n) is 6.23. The first kappa shape index (κ1) is 14.6. The van der Waals surface area contributed by atoms with Crippen molar-refractivity contribution >= 4 is 6.09 Å². The summed E-state index contributed by atoms with van der Waals surface area (Å²) in [6.07, 6.45) is -5.47. The predicted molar refractivity (Wildman–Crippen MR) is 66.4 cm³/mol. The molecule has 1 aliphatic rings. The Bertz CT molecular complexity index is 456. The number of carbonyl (C=O) groups is 1. The van der Waals surface area contributed by atoms with Gasteiger partial charge in [-0.2, -0.15) is 13.2 Å². The van der Waals surface area contributed by atoms with Gasteiger partial charge in [0.05, 0.1) is 0 Å². The monoisotopic (exact) mass is 288 g/mol. The Balaban J connectivity index is 2.16. The lowest BCUT2D eigenvalue weighted by Crippen LogP contribution is -2.51. The van der Waals surface area contributed by atoms with Crippen LogP contribution in [0.4, 0.5) is 18.0 Å². The summed E-state index contributed by atoms with van der Waals surface area (Å²) in [5.41, 5.74) is 0.184. The van der Waals surface area contributed by atoms with Crippen molar-refractivity contribution in [3.63, 3.8) is 0 Å². The zero-order chi connectivity index (χ0) is 14.8. The van der Waals surface area contributed by atoms with E-state index in [0.29, 0.717) is 0 Å². The zero-order valence-electron chi connectivity index (χ0n) is 10.7. The van der Waals surface area contributed by atoms with E-state index in [1.54, 1.807) is 18.2 Å². The number of benzene rings is 1. The number of piperazine rings is 1. The minimum atomic E-state index is -4.38. The lowest BCUT2D eigenvalue weighted by atomic mass is 10.0. The number of hydrogen-bond donors (Lipinski definition) is 1. The van der Waals surface area contributed by atoms with Crippen molar-refractivity contribution in [2.75, 3.05) is 26.2 Å². The van der Waals surface area contributed by atoms with E-state index in [9.17, 15) is 18.0 Å². The molecule has 1 atom stereocenters. The van der Waals surface area contributed by atoms with E-state index >= 15 is 0 Å². The Kier molecular flexibility index (Phi) is 4.17. The molecule has 110 valence electrons. The van der Waals surface area contributed by atoms with Gasteiger partial charge in [0.25, 0.3) is 0 Å². The highest BCUT2D eigenvalue weighted by atomic mass is 19.4. The van der Waals surface area contributed by atoms with Crippen molar-refractivity contribution in [3.05, 3.63) is 35.9 Å². The van der Waals surface area contributed by atoms with Crippen LogP contribution < -0.4 is 0 Å². The van der Waals surface area contributed by atoms with Crippen LogP contribution in [0.25, 0.3) is 0 Å². The molecule has 0 aromatic heterocycles. The molecule has 1 fully saturated rings. The maximum Gasteiger partial charge on any atom is 0.408 e. The summed E-state index contributed by atoms with van der Waals surface area (Å²) >= 11 is 0. The number of alkyl halides is 3. The van der Waals surface area contributed by atoms with E-state index < -0.39 is 18.3 Å². The molecule has 1 heterocycles. The fourth-order valence-corrected chi connectivity index (χ4v) is 2.41. The molecule has 0 bridgehead atoms. The summed E-state index contributed by atoms with van der Waals surface area (Å²) in [6.45, 7) is 0.334. The normalized spacial score (nSPS) is 18.9.